The molecule has 0 spiro atoms. The number of hydrogen-bond donors (Lipinski definition) is 1. The predicted molar refractivity (Wildman–Crippen MR) is 48.6 cm³/mol. The molecule has 12 heavy (non-hydrogen) atoms. The molecule has 1 unspecified atom stereocenters. The van der Waals surface area contributed by atoms with Crippen LogP contribution in [0, 0.1) is 5.92 Å². The molecule has 0 radical (unpaired) electrons. The van der Waals surface area contributed by atoms with Gasteiger partial charge in [-0.1, -0.05) is 13.8 Å². The molecule has 2 N–H and O–H groups in total. The van der Waals surface area contributed by atoms with Crippen molar-refractivity contribution in [2.24, 2.45) is 11.7 Å². The maximum Gasteiger partial charge on any atom is 0.236 e. The van der Waals surface area contributed by atoms with Crippen LogP contribution < -0.4 is 5.73 Å². The zero-order valence-corrected chi connectivity index (χ0v) is 7.92. The van der Waals surface area contributed by atoms with E-state index < -0.39 is 0 Å². The number of likely N-dealkylation sites (tertiary alicyclic amines) is 1. The topological polar surface area (TPSA) is 46.3 Å². The van der Waals surface area contributed by atoms with Gasteiger partial charge in [0.25, 0.3) is 0 Å². The molecule has 1 aliphatic rings. The quantitative estimate of drug-likeness (QED) is 0.659. The van der Waals surface area contributed by atoms with Gasteiger partial charge in [0.05, 0.1) is 6.54 Å². The first-order valence-electron chi connectivity index (χ1n) is 4.66. The van der Waals surface area contributed by atoms with Crippen molar-refractivity contribution in [3.8, 4) is 0 Å². The largest absolute Gasteiger partial charge is 0.338 e. The third-order valence-corrected chi connectivity index (χ3v) is 2.56. The Morgan fingerprint density at radius 3 is 2.83 bits per heavy atom. The maximum absolute atomic E-state index is 11.3. The SMILES string of the molecule is CC(C)C1CCCN1C(=O)CN. The molecule has 1 heterocycles. The summed E-state index contributed by atoms with van der Waals surface area (Å²) in [5, 5.41) is 0. The third-order valence-electron chi connectivity index (χ3n) is 2.56. The van der Waals surface area contributed by atoms with Gasteiger partial charge in [0.15, 0.2) is 0 Å². The van der Waals surface area contributed by atoms with Gasteiger partial charge in [0, 0.05) is 12.6 Å². The summed E-state index contributed by atoms with van der Waals surface area (Å²) in [5.74, 6) is 0.661. The van der Waals surface area contributed by atoms with Crippen molar-refractivity contribution in [1.82, 2.24) is 4.90 Å². The van der Waals surface area contributed by atoms with Crippen LogP contribution in [0.2, 0.25) is 0 Å². The van der Waals surface area contributed by atoms with Crippen LogP contribution in [0.4, 0.5) is 0 Å². The van der Waals surface area contributed by atoms with Gasteiger partial charge in [-0.15, -0.1) is 0 Å². The highest BCUT2D eigenvalue weighted by Crippen LogP contribution is 2.23. The van der Waals surface area contributed by atoms with Crippen LogP contribution in [0.25, 0.3) is 0 Å². The summed E-state index contributed by atoms with van der Waals surface area (Å²) in [5.41, 5.74) is 5.32. The van der Waals surface area contributed by atoms with E-state index in [0.717, 1.165) is 19.4 Å². The number of nitrogens with zero attached hydrogens (tertiary/aromatic N) is 1. The third kappa shape index (κ3) is 1.78. The number of hydrogen-bond acceptors (Lipinski definition) is 2. The Balaban J connectivity index is 2.57. The van der Waals surface area contributed by atoms with E-state index in [1.807, 2.05) is 4.90 Å². The number of carbonyl (C=O) groups is 1. The zero-order valence-electron chi connectivity index (χ0n) is 7.92. The highest BCUT2D eigenvalue weighted by Gasteiger charge is 2.29. The summed E-state index contributed by atoms with van der Waals surface area (Å²) in [6, 6.07) is 0.432. The molecule has 1 atom stereocenters. The van der Waals surface area contributed by atoms with Crippen molar-refractivity contribution in [2.45, 2.75) is 32.7 Å². The summed E-state index contributed by atoms with van der Waals surface area (Å²) in [6.45, 7) is 5.38. The van der Waals surface area contributed by atoms with Gasteiger partial charge >= 0.3 is 0 Å². The number of amides is 1. The summed E-state index contributed by atoms with van der Waals surface area (Å²) in [7, 11) is 0. The monoisotopic (exact) mass is 170 g/mol. The Kier molecular flexibility index (Phi) is 3.09. The van der Waals surface area contributed by atoms with Crippen LogP contribution in [-0.4, -0.2) is 29.9 Å². The van der Waals surface area contributed by atoms with E-state index in [1.54, 1.807) is 0 Å². The van der Waals surface area contributed by atoms with E-state index in [1.165, 1.54) is 0 Å². The van der Waals surface area contributed by atoms with Crippen LogP contribution in [0.5, 0.6) is 0 Å². The molecule has 1 fully saturated rings. The molecule has 0 bridgehead atoms. The van der Waals surface area contributed by atoms with E-state index in [0.29, 0.717) is 12.0 Å². The zero-order chi connectivity index (χ0) is 9.14. The molecule has 0 aliphatic carbocycles. The standard InChI is InChI=1S/C9H18N2O/c1-7(2)8-4-3-5-11(8)9(12)6-10/h7-8H,3-6,10H2,1-2H3. The lowest BCUT2D eigenvalue weighted by Crippen LogP contribution is -2.41. The fraction of sp³-hybridized carbons (Fsp3) is 0.889. The van der Waals surface area contributed by atoms with E-state index in [-0.39, 0.29) is 12.5 Å². The molecular weight excluding hydrogens is 152 g/mol. The lowest BCUT2D eigenvalue weighted by molar-refractivity contribution is -0.131. The van der Waals surface area contributed by atoms with E-state index in [2.05, 4.69) is 13.8 Å². The second kappa shape index (κ2) is 3.90. The number of nitrogens with two attached hydrogens (primary N) is 1. The number of carbonyl (C=O) groups excluding carboxylic acids is 1. The molecule has 3 nitrogen and oxygen atoms in total. The minimum absolute atomic E-state index is 0.103. The minimum atomic E-state index is 0.103. The van der Waals surface area contributed by atoms with Gasteiger partial charge in [-0.2, -0.15) is 0 Å². The molecule has 0 aromatic carbocycles. The van der Waals surface area contributed by atoms with Crippen LogP contribution in [0.3, 0.4) is 0 Å². The van der Waals surface area contributed by atoms with Crippen LogP contribution in [0.1, 0.15) is 26.7 Å². The summed E-state index contributed by atoms with van der Waals surface area (Å²) in [4.78, 5) is 13.3. The summed E-state index contributed by atoms with van der Waals surface area (Å²) in [6.07, 6.45) is 2.28. The Hall–Kier alpha value is -0.570. The highest BCUT2D eigenvalue weighted by molar-refractivity contribution is 5.78. The fourth-order valence-electron chi connectivity index (χ4n) is 1.91. The Morgan fingerprint density at radius 1 is 1.67 bits per heavy atom. The molecule has 0 aromatic rings. The summed E-state index contributed by atoms with van der Waals surface area (Å²) >= 11 is 0. The van der Waals surface area contributed by atoms with Crippen LogP contribution in [0.15, 0.2) is 0 Å². The number of rotatable bonds is 2. The van der Waals surface area contributed by atoms with Gasteiger partial charge in [0.2, 0.25) is 5.91 Å². The first-order valence-corrected chi connectivity index (χ1v) is 4.66. The predicted octanol–water partition coefficient (Wildman–Crippen LogP) is 0.592. The Morgan fingerprint density at radius 2 is 2.33 bits per heavy atom. The van der Waals surface area contributed by atoms with Crippen molar-refractivity contribution >= 4 is 5.91 Å². The molecule has 1 amide bonds. The van der Waals surface area contributed by atoms with Gasteiger partial charge in [-0.05, 0) is 18.8 Å². The van der Waals surface area contributed by atoms with Gasteiger partial charge in [-0.3, -0.25) is 4.79 Å². The molecule has 1 saturated heterocycles. The molecule has 1 rings (SSSR count). The van der Waals surface area contributed by atoms with Gasteiger partial charge in [0.1, 0.15) is 0 Å². The van der Waals surface area contributed by atoms with E-state index in [9.17, 15) is 4.79 Å². The minimum Gasteiger partial charge on any atom is -0.338 e. The van der Waals surface area contributed by atoms with Gasteiger partial charge < -0.3 is 10.6 Å². The smallest absolute Gasteiger partial charge is 0.236 e. The van der Waals surface area contributed by atoms with E-state index in [4.69, 9.17) is 5.73 Å². The van der Waals surface area contributed by atoms with E-state index >= 15 is 0 Å². The fourth-order valence-corrected chi connectivity index (χ4v) is 1.91. The van der Waals surface area contributed by atoms with Crippen LogP contribution >= 0.6 is 0 Å². The Bertz CT molecular complexity index is 168. The second-order valence-corrected chi connectivity index (χ2v) is 3.74. The average molecular weight is 170 g/mol. The first-order chi connectivity index (χ1) is 5.66. The molecule has 0 saturated carbocycles. The molecular formula is C9H18N2O. The lowest BCUT2D eigenvalue weighted by Gasteiger charge is -2.27. The molecule has 1 aliphatic heterocycles. The lowest BCUT2D eigenvalue weighted by atomic mass is 10.0. The maximum atomic E-state index is 11.3. The Labute approximate surface area is 73.9 Å². The molecule has 3 heteroatoms. The molecule has 0 aromatic heterocycles. The molecule has 70 valence electrons. The van der Waals surface area contributed by atoms with Crippen molar-refractivity contribution in [1.29, 1.82) is 0 Å². The van der Waals surface area contributed by atoms with Crippen LogP contribution in [-0.2, 0) is 4.79 Å². The van der Waals surface area contributed by atoms with Gasteiger partial charge in [-0.25, -0.2) is 0 Å². The normalized spacial score (nSPS) is 23.7. The average Bonchev–Trinajstić information content (AvgIpc) is 2.50. The first kappa shape index (κ1) is 9.52. The summed E-state index contributed by atoms with van der Waals surface area (Å²) < 4.78 is 0. The highest BCUT2D eigenvalue weighted by atomic mass is 16.2. The van der Waals surface area contributed by atoms with Crippen molar-refractivity contribution < 1.29 is 4.79 Å². The van der Waals surface area contributed by atoms with Crippen molar-refractivity contribution in [3.05, 3.63) is 0 Å². The second-order valence-electron chi connectivity index (χ2n) is 3.74. The van der Waals surface area contributed by atoms with Crippen molar-refractivity contribution in [3.63, 3.8) is 0 Å². The van der Waals surface area contributed by atoms with Crippen molar-refractivity contribution in [2.75, 3.05) is 13.1 Å².